The first-order valence-electron chi connectivity index (χ1n) is 8.42. The highest BCUT2D eigenvalue weighted by atomic mass is 15.2. The zero-order chi connectivity index (χ0) is 14.8. The van der Waals surface area contributed by atoms with E-state index < -0.39 is 0 Å². The Balaban J connectivity index is 2.18. The molecule has 0 aromatic rings. The van der Waals surface area contributed by atoms with Crippen LogP contribution in [0.5, 0.6) is 0 Å². The lowest BCUT2D eigenvalue weighted by molar-refractivity contribution is 0.158. The minimum absolute atomic E-state index is 0.432. The molecule has 0 amide bonds. The van der Waals surface area contributed by atoms with Crippen LogP contribution in [0.1, 0.15) is 59.8 Å². The summed E-state index contributed by atoms with van der Waals surface area (Å²) in [6, 6.07) is 1.22. The number of rotatable bonds is 7. The van der Waals surface area contributed by atoms with Crippen LogP contribution < -0.4 is 10.6 Å². The second-order valence-electron chi connectivity index (χ2n) is 6.15. The van der Waals surface area contributed by atoms with E-state index in [9.17, 15) is 0 Å². The van der Waals surface area contributed by atoms with E-state index in [4.69, 9.17) is 0 Å². The van der Waals surface area contributed by atoms with Gasteiger partial charge in [-0.3, -0.25) is 4.99 Å². The number of likely N-dealkylation sites (tertiary alicyclic amines) is 1. The number of unbranched alkanes of at least 4 members (excludes halogenated alkanes) is 1. The summed E-state index contributed by atoms with van der Waals surface area (Å²) in [7, 11) is 0. The monoisotopic (exact) mass is 282 g/mol. The van der Waals surface area contributed by atoms with Gasteiger partial charge in [0.1, 0.15) is 0 Å². The summed E-state index contributed by atoms with van der Waals surface area (Å²) < 4.78 is 0. The molecule has 1 atom stereocenters. The van der Waals surface area contributed by atoms with Gasteiger partial charge in [-0.2, -0.15) is 0 Å². The van der Waals surface area contributed by atoms with Crippen LogP contribution in [0.4, 0.5) is 0 Å². The minimum atomic E-state index is 0.432. The zero-order valence-corrected chi connectivity index (χ0v) is 13.9. The molecule has 0 saturated carbocycles. The van der Waals surface area contributed by atoms with Crippen LogP contribution in [-0.4, -0.2) is 49.1 Å². The highest BCUT2D eigenvalue weighted by Crippen LogP contribution is 2.16. The maximum absolute atomic E-state index is 4.63. The lowest BCUT2D eigenvalue weighted by Gasteiger charge is -2.33. The molecule has 1 saturated heterocycles. The van der Waals surface area contributed by atoms with Gasteiger partial charge >= 0.3 is 0 Å². The molecule has 0 spiro atoms. The minimum Gasteiger partial charge on any atom is -0.357 e. The average Bonchev–Trinajstić information content (AvgIpc) is 2.40. The predicted octanol–water partition coefficient (Wildman–Crippen LogP) is 2.60. The van der Waals surface area contributed by atoms with Gasteiger partial charge in [-0.15, -0.1) is 0 Å². The fourth-order valence-electron chi connectivity index (χ4n) is 2.70. The van der Waals surface area contributed by atoms with Crippen LogP contribution >= 0.6 is 0 Å². The number of hydrogen-bond donors (Lipinski definition) is 2. The van der Waals surface area contributed by atoms with E-state index in [1.54, 1.807) is 0 Å². The Morgan fingerprint density at radius 3 is 2.75 bits per heavy atom. The van der Waals surface area contributed by atoms with Crippen molar-refractivity contribution in [2.45, 2.75) is 71.9 Å². The summed E-state index contributed by atoms with van der Waals surface area (Å²) in [4.78, 5) is 7.27. The number of aliphatic imine (C=N–C) groups is 1. The van der Waals surface area contributed by atoms with Gasteiger partial charge in [-0.25, -0.2) is 0 Å². The quantitative estimate of drug-likeness (QED) is 0.428. The molecule has 0 bridgehead atoms. The van der Waals surface area contributed by atoms with Crippen molar-refractivity contribution in [3.8, 4) is 0 Å². The number of guanidine groups is 1. The average molecular weight is 282 g/mol. The van der Waals surface area contributed by atoms with Gasteiger partial charge in [0.25, 0.3) is 0 Å². The summed E-state index contributed by atoms with van der Waals surface area (Å²) in [6.45, 7) is 13.1. The third-order valence-corrected chi connectivity index (χ3v) is 3.83. The Bertz CT molecular complexity index is 276. The Morgan fingerprint density at radius 2 is 2.10 bits per heavy atom. The lowest BCUT2D eigenvalue weighted by atomic mass is 10.0. The van der Waals surface area contributed by atoms with E-state index in [2.05, 4.69) is 48.2 Å². The predicted molar refractivity (Wildman–Crippen MR) is 88.4 cm³/mol. The molecular weight excluding hydrogens is 248 g/mol. The van der Waals surface area contributed by atoms with E-state index >= 15 is 0 Å². The number of nitrogens with one attached hydrogen (secondary N) is 2. The molecule has 0 aromatic heterocycles. The molecule has 0 aliphatic carbocycles. The summed E-state index contributed by atoms with van der Waals surface area (Å²) in [5.41, 5.74) is 0. The van der Waals surface area contributed by atoms with Crippen molar-refractivity contribution < 1.29 is 0 Å². The fourth-order valence-corrected chi connectivity index (χ4v) is 2.70. The van der Waals surface area contributed by atoms with Gasteiger partial charge < -0.3 is 15.5 Å². The molecule has 1 aliphatic rings. The summed E-state index contributed by atoms with van der Waals surface area (Å²) >= 11 is 0. The van der Waals surface area contributed by atoms with E-state index in [1.165, 1.54) is 45.2 Å². The molecule has 2 N–H and O–H groups in total. The Kier molecular flexibility index (Phi) is 8.67. The number of piperidine rings is 1. The molecule has 0 radical (unpaired) electrons. The van der Waals surface area contributed by atoms with Gasteiger partial charge in [0.2, 0.25) is 0 Å². The van der Waals surface area contributed by atoms with Crippen molar-refractivity contribution in [2.24, 2.45) is 4.99 Å². The third kappa shape index (κ3) is 7.13. The van der Waals surface area contributed by atoms with Crippen LogP contribution in [0, 0.1) is 0 Å². The van der Waals surface area contributed by atoms with Gasteiger partial charge in [-0.05, 0) is 66.5 Å². The molecule has 0 aromatic carbocycles. The van der Waals surface area contributed by atoms with Crippen molar-refractivity contribution in [3.05, 3.63) is 0 Å². The van der Waals surface area contributed by atoms with Gasteiger partial charge in [0.05, 0.1) is 0 Å². The third-order valence-electron chi connectivity index (χ3n) is 3.83. The normalized spacial score (nSPS) is 21.2. The van der Waals surface area contributed by atoms with Crippen LogP contribution in [0.3, 0.4) is 0 Å². The highest BCUT2D eigenvalue weighted by molar-refractivity contribution is 5.79. The van der Waals surface area contributed by atoms with Crippen molar-refractivity contribution in [1.29, 1.82) is 0 Å². The van der Waals surface area contributed by atoms with E-state index in [-0.39, 0.29) is 0 Å². The molecule has 1 rings (SSSR count). The molecule has 4 heteroatoms. The van der Waals surface area contributed by atoms with Crippen LogP contribution in [0.15, 0.2) is 4.99 Å². The van der Waals surface area contributed by atoms with Crippen LogP contribution in [0.25, 0.3) is 0 Å². The Labute approximate surface area is 125 Å². The first kappa shape index (κ1) is 17.3. The number of hydrogen-bond acceptors (Lipinski definition) is 2. The number of nitrogens with zero attached hydrogens (tertiary/aromatic N) is 2. The largest absolute Gasteiger partial charge is 0.357 e. The van der Waals surface area contributed by atoms with E-state index in [0.717, 1.165) is 25.1 Å². The summed E-state index contributed by atoms with van der Waals surface area (Å²) in [5.74, 6) is 0.953. The second-order valence-corrected chi connectivity index (χ2v) is 6.15. The molecule has 118 valence electrons. The van der Waals surface area contributed by atoms with Crippen molar-refractivity contribution in [1.82, 2.24) is 15.5 Å². The lowest BCUT2D eigenvalue weighted by Crippen LogP contribution is -2.41. The SMILES string of the molecule is CCNC(=NCCCCN1CCCCC1C)NC(C)C. The first-order valence-corrected chi connectivity index (χ1v) is 8.42. The van der Waals surface area contributed by atoms with Crippen LogP contribution in [-0.2, 0) is 0 Å². The molecule has 20 heavy (non-hydrogen) atoms. The smallest absolute Gasteiger partial charge is 0.191 e. The molecule has 1 aliphatic heterocycles. The fraction of sp³-hybridized carbons (Fsp3) is 0.938. The molecule has 4 nitrogen and oxygen atoms in total. The topological polar surface area (TPSA) is 39.7 Å². The Hall–Kier alpha value is -0.770. The standard InChI is InChI=1S/C16H34N4/c1-5-17-16(19-14(2)3)18-11-7-9-13-20-12-8-6-10-15(20)4/h14-15H,5-13H2,1-4H3,(H2,17,18,19). The molecule has 1 fully saturated rings. The Morgan fingerprint density at radius 1 is 1.30 bits per heavy atom. The van der Waals surface area contributed by atoms with E-state index in [1.807, 2.05) is 0 Å². The zero-order valence-electron chi connectivity index (χ0n) is 13.9. The maximum Gasteiger partial charge on any atom is 0.191 e. The van der Waals surface area contributed by atoms with Crippen molar-refractivity contribution in [3.63, 3.8) is 0 Å². The van der Waals surface area contributed by atoms with Gasteiger partial charge in [-0.1, -0.05) is 6.42 Å². The molecular formula is C16H34N4. The van der Waals surface area contributed by atoms with E-state index in [0.29, 0.717) is 6.04 Å². The van der Waals surface area contributed by atoms with Gasteiger partial charge in [0.15, 0.2) is 5.96 Å². The summed E-state index contributed by atoms with van der Waals surface area (Å²) in [5, 5.41) is 6.65. The van der Waals surface area contributed by atoms with Crippen molar-refractivity contribution >= 4 is 5.96 Å². The van der Waals surface area contributed by atoms with Gasteiger partial charge in [0, 0.05) is 25.2 Å². The van der Waals surface area contributed by atoms with Crippen LogP contribution in [0.2, 0.25) is 0 Å². The highest BCUT2D eigenvalue weighted by Gasteiger charge is 2.16. The first-order chi connectivity index (χ1) is 9.63. The van der Waals surface area contributed by atoms with Crippen molar-refractivity contribution in [2.75, 3.05) is 26.2 Å². The maximum atomic E-state index is 4.63. The molecule has 1 unspecified atom stereocenters. The molecule has 1 heterocycles. The second kappa shape index (κ2) is 10.0. The summed E-state index contributed by atoms with van der Waals surface area (Å²) in [6.07, 6.45) is 6.61.